The van der Waals surface area contributed by atoms with E-state index in [2.05, 4.69) is 10.1 Å². The molecule has 0 aliphatic heterocycles. The van der Waals surface area contributed by atoms with Crippen LogP contribution in [-0.2, 0) is 0 Å². The average molecular weight is 250 g/mol. The second kappa shape index (κ2) is 5.10. The molecule has 0 N–H and O–H groups in total. The number of aldehydes is 1. The Hall–Kier alpha value is -1.68. The first kappa shape index (κ1) is 11.8. The third-order valence-electron chi connectivity index (χ3n) is 2.48. The van der Waals surface area contributed by atoms with Gasteiger partial charge < -0.3 is 0 Å². The van der Waals surface area contributed by atoms with Gasteiger partial charge in [0, 0.05) is 6.20 Å². The molecule has 2 aromatic rings. The number of rotatable bonds is 4. The lowest BCUT2D eigenvalue weighted by Crippen LogP contribution is -2.07. The van der Waals surface area contributed by atoms with Crippen molar-refractivity contribution in [3.05, 3.63) is 41.9 Å². The lowest BCUT2D eigenvalue weighted by molar-refractivity contribution is 0.112. The highest BCUT2D eigenvalue weighted by atomic mass is 35.5. The maximum Gasteiger partial charge on any atom is 0.153 e. The lowest BCUT2D eigenvalue weighted by atomic mass is 10.1. The van der Waals surface area contributed by atoms with Crippen LogP contribution in [0.25, 0.3) is 5.82 Å². The molecule has 2 aromatic heterocycles. The molecule has 2 rings (SSSR count). The van der Waals surface area contributed by atoms with E-state index in [0.717, 1.165) is 12.7 Å². The van der Waals surface area contributed by atoms with E-state index in [1.807, 2.05) is 25.1 Å². The summed E-state index contributed by atoms with van der Waals surface area (Å²) in [5.41, 5.74) is 1.21. The first-order valence-electron chi connectivity index (χ1n) is 5.36. The normalized spacial score (nSPS) is 12.4. The Balaban J connectivity index is 2.55. The van der Waals surface area contributed by atoms with E-state index in [1.165, 1.54) is 6.20 Å². The van der Waals surface area contributed by atoms with Gasteiger partial charge in [-0.3, -0.25) is 4.79 Å². The van der Waals surface area contributed by atoms with Crippen molar-refractivity contribution in [3.8, 4) is 5.82 Å². The molecule has 0 fully saturated rings. The van der Waals surface area contributed by atoms with Crippen LogP contribution in [0, 0.1) is 0 Å². The maximum atomic E-state index is 11.0. The molecule has 0 saturated carbocycles. The Morgan fingerprint density at radius 3 is 2.94 bits per heavy atom. The van der Waals surface area contributed by atoms with Crippen molar-refractivity contribution in [1.29, 1.82) is 0 Å². The van der Waals surface area contributed by atoms with Gasteiger partial charge in [0.15, 0.2) is 12.1 Å². The number of nitrogens with zero attached hydrogens (tertiary/aromatic N) is 3. The SMILES string of the molecule is CCC(Cl)c1c(C=O)cnn1-c1ccccn1. The fraction of sp³-hybridized carbons (Fsp3) is 0.250. The fourth-order valence-corrected chi connectivity index (χ4v) is 1.85. The predicted octanol–water partition coefficient (Wildman–Crippen LogP) is 2.77. The second-order valence-corrected chi connectivity index (χ2v) is 4.11. The van der Waals surface area contributed by atoms with Crippen LogP contribution in [-0.4, -0.2) is 21.1 Å². The minimum absolute atomic E-state index is 0.250. The van der Waals surface area contributed by atoms with Crippen LogP contribution < -0.4 is 0 Å². The van der Waals surface area contributed by atoms with Crippen molar-refractivity contribution in [2.24, 2.45) is 0 Å². The summed E-state index contributed by atoms with van der Waals surface area (Å²) >= 11 is 6.22. The maximum absolute atomic E-state index is 11.0. The van der Waals surface area contributed by atoms with E-state index in [-0.39, 0.29) is 5.38 Å². The van der Waals surface area contributed by atoms with Gasteiger partial charge in [0.25, 0.3) is 0 Å². The topological polar surface area (TPSA) is 47.8 Å². The Morgan fingerprint density at radius 1 is 1.53 bits per heavy atom. The zero-order valence-electron chi connectivity index (χ0n) is 9.38. The van der Waals surface area contributed by atoms with E-state index in [1.54, 1.807) is 10.9 Å². The highest BCUT2D eigenvalue weighted by Crippen LogP contribution is 2.27. The third-order valence-corrected chi connectivity index (χ3v) is 3.00. The van der Waals surface area contributed by atoms with Gasteiger partial charge in [-0.1, -0.05) is 13.0 Å². The van der Waals surface area contributed by atoms with Gasteiger partial charge in [-0.2, -0.15) is 5.10 Å². The number of aromatic nitrogens is 3. The van der Waals surface area contributed by atoms with Crippen LogP contribution >= 0.6 is 11.6 Å². The molecule has 5 heteroatoms. The largest absolute Gasteiger partial charge is 0.298 e. The summed E-state index contributed by atoms with van der Waals surface area (Å²) in [4.78, 5) is 15.2. The Bertz CT molecular complexity index is 510. The number of carbonyl (C=O) groups is 1. The molecule has 1 atom stereocenters. The molecule has 0 radical (unpaired) electrons. The summed E-state index contributed by atoms with van der Waals surface area (Å²) in [5, 5.41) is 3.91. The molecule has 0 saturated heterocycles. The zero-order chi connectivity index (χ0) is 12.3. The molecule has 0 aliphatic rings. The molecule has 4 nitrogen and oxygen atoms in total. The molecule has 0 amide bonds. The van der Waals surface area contributed by atoms with E-state index in [0.29, 0.717) is 17.1 Å². The van der Waals surface area contributed by atoms with Crippen LogP contribution in [0.3, 0.4) is 0 Å². The van der Waals surface area contributed by atoms with E-state index < -0.39 is 0 Å². The van der Waals surface area contributed by atoms with Gasteiger partial charge in [-0.05, 0) is 18.6 Å². The number of hydrogen-bond donors (Lipinski definition) is 0. The molecule has 1 unspecified atom stereocenters. The molecule has 0 spiro atoms. The number of alkyl halides is 1. The summed E-state index contributed by atoms with van der Waals surface area (Å²) < 4.78 is 1.62. The van der Waals surface area contributed by atoms with Crippen LogP contribution in [0.1, 0.15) is 34.8 Å². The van der Waals surface area contributed by atoms with Crippen LogP contribution in [0.4, 0.5) is 0 Å². The number of pyridine rings is 1. The van der Waals surface area contributed by atoms with Crippen molar-refractivity contribution in [3.63, 3.8) is 0 Å². The van der Waals surface area contributed by atoms with Gasteiger partial charge in [0.2, 0.25) is 0 Å². The van der Waals surface area contributed by atoms with Gasteiger partial charge in [-0.15, -0.1) is 11.6 Å². The highest BCUT2D eigenvalue weighted by molar-refractivity contribution is 6.21. The van der Waals surface area contributed by atoms with Crippen molar-refractivity contribution in [2.75, 3.05) is 0 Å². The molecule has 2 heterocycles. The van der Waals surface area contributed by atoms with Crippen molar-refractivity contribution in [2.45, 2.75) is 18.7 Å². The average Bonchev–Trinajstić information content (AvgIpc) is 2.82. The smallest absolute Gasteiger partial charge is 0.153 e. The molecular weight excluding hydrogens is 238 g/mol. The standard InChI is InChI=1S/C12H12ClN3O/c1-2-10(13)12-9(8-17)7-15-16(12)11-5-3-4-6-14-11/h3-8,10H,2H2,1H3. The first-order valence-corrected chi connectivity index (χ1v) is 5.80. The number of halogens is 1. The Labute approximate surface area is 104 Å². The predicted molar refractivity (Wildman–Crippen MR) is 65.6 cm³/mol. The first-order chi connectivity index (χ1) is 8.27. The minimum atomic E-state index is -0.250. The van der Waals surface area contributed by atoms with E-state index >= 15 is 0 Å². The van der Waals surface area contributed by atoms with Crippen LogP contribution in [0.2, 0.25) is 0 Å². The van der Waals surface area contributed by atoms with Crippen molar-refractivity contribution in [1.82, 2.24) is 14.8 Å². The lowest BCUT2D eigenvalue weighted by Gasteiger charge is -2.10. The summed E-state index contributed by atoms with van der Waals surface area (Å²) in [5.74, 6) is 0.662. The monoisotopic (exact) mass is 249 g/mol. The highest BCUT2D eigenvalue weighted by Gasteiger charge is 2.18. The Kier molecular flexibility index (Phi) is 3.54. The minimum Gasteiger partial charge on any atom is -0.298 e. The number of carbonyl (C=O) groups excluding carboxylic acids is 1. The van der Waals surface area contributed by atoms with Crippen LogP contribution in [0.5, 0.6) is 0 Å². The molecule has 17 heavy (non-hydrogen) atoms. The molecule has 0 aliphatic carbocycles. The van der Waals surface area contributed by atoms with Crippen molar-refractivity contribution < 1.29 is 4.79 Å². The molecule has 88 valence electrons. The van der Waals surface area contributed by atoms with E-state index in [4.69, 9.17) is 11.6 Å². The quantitative estimate of drug-likeness (QED) is 0.618. The molecule has 0 aromatic carbocycles. The summed E-state index contributed by atoms with van der Waals surface area (Å²) in [6.07, 6.45) is 4.69. The third kappa shape index (κ3) is 2.22. The Morgan fingerprint density at radius 2 is 2.35 bits per heavy atom. The van der Waals surface area contributed by atoms with Gasteiger partial charge in [-0.25, -0.2) is 9.67 Å². The summed E-state index contributed by atoms with van der Waals surface area (Å²) in [7, 11) is 0. The fourth-order valence-electron chi connectivity index (χ4n) is 1.63. The summed E-state index contributed by atoms with van der Waals surface area (Å²) in [6.45, 7) is 1.96. The van der Waals surface area contributed by atoms with Crippen LogP contribution in [0.15, 0.2) is 30.6 Å². The number of hydrogen-bond acceptors (Lipinski definition) is 3. The molecule has 0 bridgehead atoms. The van der Waals surface area contributed by atoms with Gasteiger partial charge in [0.1, 0.15) is 0 Å². The zero-order valence-corrected chi connectivity index (χ0v) is 10.1. The second-order valence-electron chi connectivity index (χ2n) is 3.58. The van der Waals surface area contributed by atoms with Gasteiger partial charge in [0.05, 0.1) is 22.8 Å². The van der Waals surface area contributed by atoms with E-state index in [9.17, 15) is 4.79 Å². The molecular formula is C12H12ClN3O. The van der Waals surface area contributed by atoms with Crippen molar-refractivity contribution >= 4 is 17.9 Å². The van der Waals surface area contributed by atoms with Gasteiger partial charge >= 0.3 is 0 Å². The summed E-state index contributed by atoms with van der Waals surface area (Å²) in [6, 6.07) is 5.51.